The first-order valence-electron chi connectivity index (χ1n) is 12.5. The van der Waals surface area contributed by atoms with Crippen LogP contribution in [0.2, 0.25) is 0 Å². The molecule has 0 saturated carbocycles. The molecule has 0 spiro atoms. The molecular formula is C28H31F3N4O2. The number of aryl methyl sites for hydroxylation is 1. The first kappa shape index (κ1) is 26.6. The van der Waals surface area contributed by atoms with Gasteiger partial charge in [0, 0.05) is 45.1 Å². The van der Waals surface area contributed by atoms with Crippen LogP contribution >= 0.6 is 0 Å². The molecule has 6 nitrogen and oxygen atoms in total. The van der Waals surface area contributed by atoms with E-state index in [4.69, 9.17) is 5.11 Å². The maximum absolute atomic E-state index is 12.9. The van der Waals surface area contributed by atoms with Gasteiger partial charge in [0.1, 0.15) is 0 Å². The van der Waals surface area contributed by atoms with Crippen LogP contribution in [0.5, 0.6) is 0 Å². The molecule has 2 heterocycles. The summed E-state index contributed by atoms with van der Waals surface area (Å²) in [6, 6.07) is 11.2. The Labute approximate surface area is 214 Å². The van der Waals surface area contributed by atoms with Crippen LogP contribution in [0.3, 0.4) is 0 Å². The lowest BCUT2D eigenvalue weighted by molar-refractivity contribution is -0.138. The van der Waals surface area contributed by atoms with E-state index in [-0.39, 0.29) is 6.42 Å². The quantitative estimate of drug-likeness (QED) is 0.421. The Morgan fingerprint density at radius 3 is 2.35 bits per heavy atom. The number of anilines is 1. The largest absolute Gasteiger partial charge is 0.481 e. The van der Waals surface area contributed by atoms with Crippen LogP contribution in [0, 0.1) is 0 Å². The Kier molecular flexibility index (Phi) is 8.43. The van der Waals surface area contributed by atoms with Crippen molar-refractivity contribution in [1.29, 1.82) is 0 Å². The summed E-state index contributed by atoms with van der Waals surface area (Å²) in [6.07, 6.45) is 1.59. The van der Waals surface area contributed by atoms with Crippen molar-refractivity contribution < 1.29 is 23.1 Å². The summed E-state index contributed by atoms with van der Waals surface area (Å²) in [4.78, 5) is 24.6. The number of nitrogens with zero attached hydrogens (tertiary/aromatic N) is 4. The van der Waals surface area contributed by atoms with E-state index in [9.17, 15) is 18.0 Å². The molecule has 37 heavy (non-hydrogen) atoms. The first-order chi connectivity index (χ1) is 17.7. The van der Waals surface area contributed by atoms with E-state index in [0.717, 1.165) is 66.9 Å². The summed E-state index contributed by atoms with van der Waals surface area (Å²) in [5.41, 5.74) is 4.42. The zero-order valence-corrected chi connectivity index (χ0v) is 20.8. The number of hydrogen-bond donors (Lipinski definition) is 1. The van der Waals surface area contributed by atoms with E-state index in [0.29, 0.717) is 25.5 Å². The van der Waals surface area contributed by atoms with Gasteiger partial charge in [-0.1, -0.05) is 37.3 Å². The van der Waals surface area contributed by atoms with Crippen molar-refractivity contribution in [3.05, 3.63) is 88.2 Å². The number of aliphatic carboxylic acids is 1. The van der Waals surface area contributed by atoms with Crippen molar-refractivity contribution in [2.75, 3.05) is 31.1 Å². The lowest BCUT2D eigenvalue weighted by Crippen LogP contribution is -2.39. The van der Waals surface area contributed by atoms with E-state index >= 15 is 0 Å². The summed E-state index contributed by atoms with van der Waals surface area (Å²) in [5.74, 6) is -0.240. The molecule has 1 aromatic heterocycles. The van der Waals surface area contributed by atoms with Gasteiger partial charge in [-0.15, -0.1) is 0 Å². The molecule has 196 valence electrons. The summed E-state index contributed by atoms with van der Waals surface area (Å²) in [7, 11) is 0. The fraction of sp³-hybridized carbons (Fsp3) is 0.393. The third-order valence-corrected chi connectivity index (χ3v) is 6.74. The fourth-order valence-electron chi connectivity index (χ4n) is 4.54. The molecule has 9 heteroatoms. The van der Waals surface area contributed by atoms with Crippen molar-refractivity contribution in [1.82, 2.24) is 14.9 Å². The van der Waals surface area contributed by atoms with E-state index < -0.39 is 17.7 Å². The number of aromatic nitrogens is 2. The minimum atomic E-state index is -4.35. The molecule has 0 unspecified atom stereocenters. The van der Waals surface area contributed by atoms with Gasteiger partial charge >= 0.3 is 12.1 Å². The number of carboxylic acid groups (broad SMARTS) is 1. The number of benzene rings is 2. The lowest BCUT2D eigenvalue weighted by Gasteiger charge is -2.31. The fourth-order valence-corrected chi connectivity index (χ4v) is 4.54. The van der Waals surface area contributed by atoms with Gasteiger partial charge in [-0.2, -0.15) is 13.2 Å². The normalized spacial score (nSPS) is 13.8. The third-order valence-electron chi connectivity index (χ3n) is 6.74. The molecule has 1 N–H and O–H groups in total. The zero-order valence-electron chi connectivity index (χ0n) is 20.8. The molecule has 4 rings (SSSR count). The Bertz CT molecular complexity index is 1200. The Morgan fingerprint density at radius 1 is 1.00 bits per heavy atom. The van der Waals surface area contributed by atoms with Crippen molar-refractivity contribution in [2.24, 2.45) is 0 Å². The molecule has 0 fully saturated rings. The van der Waals surface area contributed by atoms with Gasteiger partial charge in [0.15, 0.2) is 0 Å². The number of halogens is 3. The molecular weight excluding hydrogens is 481 g/mol. The maximum atomic E-state index is 12.9. The highest BCUT2D eigenvalue weighted by atomic mass is 19.4. The smallest absolute Gasteiger partial charge is 0.416 e. The van der Waals surface area contributed by atoms with Gasteiger partial charge in [-0.05, 0) is 59.2 Å². The second-order valence-electron chi connectivity index (χ2n) is 9.38. The van der Waals surface area contributed by atoms with E-state index in [1.165, 1.54) is 17.7 Å². The average molecular weight is 513 g/mol. The Morgan fingerprint density at radius 2 is 1.70 bits per heavy atom. The lowest BCUT2D eigenvalue weighted by atomic mass is 9.96. The number of carbonyl (C=O) groups is 1. The zero-order chi connectivity index (χ0) is 26.4. The van der Waals surface area contributed by atoms with Crippen LogP contribution < -0.4 is 4.90 Å². The summed E-state index contributed by atoms with van der Waals surface area (Å²) < 4.78 is 38.7. The molecule has 0 amide bonds. The predicted molar refractivity (Wildman–Crippen MR) is 136 cm³/mol. The minimum Gasteiger partial charge on any atom is -0.481 e. The van der Waals surface area contributed by atoms with E-state index in [1.54, 1.807) is 0 Å². The predicted octanol–water partition coefficient (Wildman–Crippen LogP) is 4.79. The van der Waals surface area contributed by atoms with Gasteiger partial charge < -0.3 is 10.0 Å². The van der Waals surface area contributed by atoms with Crippen molar-refractivity contribution in [2.45, 2.75) is 45.3 Å². The van der Waals surface area contributed by atoms with Crippen molar-refractivity contribution in [3.63, 3.8) is 0 Å². The van der Waals surface area contributed by atoms with Crippen LogP contribution in [-0.4, -0.2) is 52.1 Å². The number of rotatable bonds is 10. The standard InChI is InChI=1S/C28H31F3N4O2/c1-2-20-17-32-27(33-18-20)35(12-9-21-4-7-25(8-5-21)28(29,30)31)14-13-34-11-10-23-6-3-22(16-26(36)37)15-24(23)19-34/h3-8,15,17-18H,2,9-14,16,19H2,1H3,(H,36,37). The second kappa shape index (κ2) is 11.7. The van der Waals surface area contributed by atoms with Gasteiger partial charge in [0.05, 0.1) is 12.0 Å². The highest BCUT2D eigenvalue weighted by Crippen LogP contribution is 2.29. The molecule has 3 aromatic rings. The molecule has 0 saturated heterocycles. The van der Waals surface area contributed by atoms with Gasteiger partial charge in [-0.25, -0.2) is 9.97 Å². The highest BCUT2D eigenvalue weighted by Gasteiger charge is 2.30. The number of fused-ring (bicyclic) bond motifs is 1. The molecule has 0 atom stereocenters. The Balaban J connectivity index is 1.42. The van der Waals surface area contributed by atoms with Gasteiger partial charge in [-0.3, -0.25) is 9.69 Å². The number of carboxylic acids is 1. The van der Waals surface area contributed by atoms with Gasteiger partial charge in [0.2, 0.25) is 5.95 Å². The highest BCUT2D eigenvalue weighted by molar-refractivity contribution is 5.70. The Hall–Kier alpha value is -3.46. The molecule has 2 aromatic carbocycles. The van der Waals surface area contributed by atoms with Crippen LogP contribution in [0.1, 0.15) is 40.3 Å². The molecule has 0 bridgehead atoms. The summed E-state index contributed by atoms with van der Waals surface area (Å²) >= 11 is 0. The second-order valence-corrected chi connectivity index (χ2v) is 9.38. The van der Waals surface area contributed by atoms with Crippen LogP contribution in [0.25, 0.3) is 0 Å². The topological polar surface area (TPSA) is 69.6 Å². The van der Waals surface area contributed by atoms with Crippen LogP contribution in [-0.2, 0) is 43.2 Å². The number of hydrogen-bond acceptors (Lipinski definition) is 5. The SMILES string of the molecule is CCc1cnc(N(CCc2ccc(C(F)(F)F)cc2)CCN2CCc3ccc(CC(=O)O)cc3C2)nc1. The molecule has 0 radical (unpaired) electrons. The third kappa shape index (κ3) is 7.29. The molecule has 1 aliphatic rings. The van der Waals surface area contributed by atoms with E-state index in [1.807, 2.05) is 37.5 Å². The maximum Gasteiger partial charge on any atom is 0.416 e. The average Bonchev–Trinajstić information content (AvgIpc) is 2.88. The number of alkyl halides is 3. The van der Waals surface area contributed by atoms with E-state index in [2.05, 4.69) is 19.8 Å². The monoisotopic (exact) mass is 512 g/mol. The molecule has 0 aliphatic carbocycles. The molecule has 1 aliphatic heterocycles. The summed E-state index contributed by atoms with van der Waals surface area (Å²) in [6.45, 7) is 5.67. The summed E-state index contributed by atoms with van der Waals surface area (Å²) in [5, 5.41) is 9.11. The van der Waals surface area contributed by atoms with Crippen molar-refractivity contribution in [3.8, 4) is 0 Å². The van der Waals surface area contributed by atoms with Gasteiger partial charge in [0.25, 0.3) is 0 Å². The van der Waals surface area contributed by atoms with Crippen LogP contribution in [0.4, 0.5) is 19.1 Å². The minimum absolute atomic E-state index is 0.0100. The van der Waals surface area contributed by atoms with Crippen LogP contribution in [0.15, 0.2) is 54.9 Å². The van der Waals surface area contributed by atoms with Crippen molar-refractivity contribution >= 4 is 11.9 Å². The first-order valence-corrected chi connectivity index (χ1v) is 12.5.